The van der Waals surface area contributed by atoms with Crippen LogP contribution in [0.1, 0.15) is 43.4 Å². The van der Waals surface area contributed by atoms with Crippen LogP contribution >= 0.6 is 23.2 Å². The fourth-order valence-electron chi connectivity index (χ4n) is 2.78. The van der Waals surface area contributed by atoms with Crippen molar-refractivity contribution in [2.75, 3.05) is 6.54 Å². The van der Waals surface area contributed by atoms with Crippen molar-refractivity contribution in [2.24, 2.45) is 0 Å². The van der Waals surface area contributed by atoms with E-state index in [0.29, 0.717) is 29.8 Å². The van der Waals surface area contributed by atoms with Crippen molar-refractivity contribution >= 4 is 23.2 Å². The Bertz CT molecular complexity index is 826. The van der Waals surface area contributed by atoms with Gasteiger partial charge in [0.15, 0.2) is 0 Å². The minimum absolute atomic E-state index is 0.0178. The SMILES string of the molecule is CC(C)(C)c1nc2c(c(=O)[nH]1)CCN(Cc1ccc(Cl)nc1Cl)C2. The van der Waals surface area contributed by atoms with E-state index < -0.39 is 0 Å². The van der Waals surface area contributed by atoms with Crippen molar-refractivity contribution in [3.8, 4) is 0 Å². The predicted molar refractivity (Wildman–Crippen MR) is 95.6 cm³/mol. The molecular weight excluding hydrogens is 347 g/mol. The van der Waals surface area contributed by atoms with Crippen molar-refractivity contribution in [1.29, 1.82) is 0 Å². The van der Waals surface area contributed by atoms with Gasteiger partial charge in [0.1, 0.15) is 16.1 Å². The Morgan fingerprint density at radius 1 is 1.25 bits per heavy atom. The highest BCUT2D eigenvalue weighted by molar-refractivity contribution is 6.32. The fourth-order valence-corrected chi connectivity index (χ4v) is 3.19. The van der Waals surface area contributed by atoms with Gasteiger partial charge >= 0.3 is 0 Å². The van der Waals surface area contributed by atoms with Crippen LogP contribution < -0.4 is 5.56 Å². The standard InChI is InChI=1S/C17H20Cl2N4O/c1-17(2,3)16-20-12-9-23(7-6-11(12)15(24)22-16)8-10-4-5-13(18)21-14(10)19/h4-5H,6-9H2,1-3H3,(H,20,22,24). The number of nitrogens with zero attached hydrogens (tertiary/aromatic N) is 3. The van der Waals surface area contributed by atoms with Crippen molar-refractivity contribution in [2.45, 2.75) is 45.7 Å². The van der Waals surface area contributed by atoms with E-state index in [4.69, 9.17) is 28.2 Å². The lowest BCUT2D eigenvalue weighted by Crippen LogP contribution is -2.36. The summed E-state index contributed by atoms with van der Waals surface area (Å²) in [4.78, 5) is 26.3. The van der Waals surface area contributed by atoms with Crippen molar-refractivity contribution < 1.29 is 0 Å². The van der Waals surface area contributed by atoms with Crippen LogP contribution in [0.15, 0.2) is 16.9 Å². The summed E-state index contributed by atoms with van der Waals surface area (Å²) < 4.78 is 0. The predicted octanol–water partition coefficient (Wildman–Crippen LogP) is 3.33. The summed E-state index contributed by atoms with van der Waals surface area (Å²) in [6.45, 7) is 8.18. The molecule has 3 rings (SSSR count). The second kappa shape index (κ2) is 6.47. The fraction of sp³-hybridized carbons (Fsp3) is 0.471. The number of rotatable bonds is 2. The molecule has 0 bridgehead atoms. The van der Waals surface area contributed by atoms with E-state index in [-0.39, 0.29) is 11.0 Å². The van der Waals surface area contributed by atoms with Crippen molar-refractivity contribution in [1.82, 2.24) is 19.9 Å². The van der Waals surface area contributed by atoms with E-state index in [2.05, 4.69) is 14.9 Å². The molecule has 7 heteroatoms. The first-order valence-corrected chi connectivity index (χ1v) is 8.65. The highest BCUT2D eigenvalue weighted by Crippen LogP contribution is 2.23. The van der Waals surface area contributed by atoms with E-state index in [0.717, 1.165) is 29.2 Å². The molecule has 0 radical (unpaired) electrons. The molecule has 1 N–H and O–H groups in total. The van der Waals surface area contributed by atoms with Gasteiger partial charge in [0.25, 0.3) is 5.56 Å². The van der Waals surface area contributed by atoms with Crippen LogP contribution in [0.2, 0.25) is 10.3 Å². The first-order chi connectivity index (χ1) is 11.2. The zero-order chi connectivity index (χ0) is 17.5. The summed E-state index contributed by atoms with van der Waals surface area (Å²) in [5.74, 6) is 0.722. The lowest BCUT2D eigenvalue weighted by molar-refractivity contribution is 0.239. The molecule has 0 aromatic carbocycles. The molecule has 0 atom stereocenters. The molecule has 3 heterocycles. The van der Waals surface area contributed by atoms with Gasteiger partial charge in [-0.3, -0.25) is 9.69 Å². The molecule has 0 spiro atoms. The maximum atomic E-state index is 12.3. The Hall–Kier alpha value is -1.43. The molecule has 2 aromatic heterocycles. The number of hydrogen-bond donors (Lipinski definition) is 1. The molecule has 24 heavy (non-hydrogen) atoms. The lowest BCUT2D eigenvalue weighted by atomic mass is 9.95. The summed E-state index contributed by atoms with van der Waals surface area (Å²) in [5.41, 5.74) is 2.36. The van der Waals surface area contributed by atoms with E-state index in [1.807, 2.05) is 26.8 Å². The molecule has 0 amide bonds. The maximum absolute atomic E-state index is 12.3. The van der Waals surface area contributed by atoms with E-state index in [1.165, 1.54) is 0 Å². The summed E-state index contributed by atoms with van der Waals surface area (Å²) in [6, 6.07) is 3.63. The van der Waals surface area contributed by atoms with Crippen LogP contribution in [0.3, 0.4) is 0 Å². The number of aromatic amines is 1. The Kier molecular flexibility index (Phi) is 4.69. The van der Waals surface area contributed by atoms with Crippen LogP contribution in [0.25, 0.3) is 0 Å². The Morgan fingerprint density at radius 2 is 2.00 bits per heavy atom. The van der Waals surface area contributed by atoms with Gasteiger partial charge in [-0.2, -0.15) is 0 Å². The normalized spacial score (nSPS) is 15.4. The van der Waals surface area contributed by atoms with Crippen LogP contribution in [0, 0.1) is 0 Å². The maximum Gasteiger partial charge on any atom is 0.254 e. The number of fused-ring (bicyclic) bond motifs is 1. The van der Waals surface area contributed by atoms with Gasteiger partial charge in [-0.25, -0.2) is 9.97 Å². The number of aromatic nitrogens is 3. The van der Waals surface area contributed by atoms with E-state index >= 15 is 0 Å². The number of hydrogen-bond acceptors (Lipinski definition) is 4. The van der Waals surface area contributed by atoms with Gasteiger partial charge < -0.3 is 4.98 Å². The molecule has 5 nitrogen and oxygen atoms in total. The van der Waals surface area contributed by atoms with Crippen LogP contribution in [0.5, 0.6) is 0 Å². The smallest absolute Gasteiger partial charge is 0.254 e. The van der Waals surface area contributed by atoms with Crippen LogP contribution in [-0.2, 0) is 24.9 Å². The molecule has 128 valence electrons. The van der Waals surface area contributed by atoms with Gasteiger partial charge in [0.05, 0.1) is 5.69 Å². The van der Waals surface area contributed by atoms with Gasteiger partial charge in [-0.1, -0.05) is 50.0 Å². The Labute approximate surface area is 151 Å². The molecule has 2 aromatic rings. The Morgan fingerprint density at radius 3 is 2.67 bits per heavy atom. The minimum Gasteiger partial charge on any atom is -0.310 e. The second-order valence-electron chi connectivity index (χ2n) is 7.13. The minimum atomic E-state index is -0.195. The number of H-pyrrole nitrogens is 1. The van der Waals surface area contributed by atoms with Crippen LogP contribution in [-0.4, -0.2) is 26.4 Å². The molecule has 0 fully saturated rings. The monoisotopic (exact) mass is 366 g/mol. The Balaban J connectivity index is 1.86. The first kappa shape index (κ1) is 17.4. The van der Waals surface area contributed by atoms with E-state index in [1.54, 1.807) is 6.07 Å². The summed E-state index contributed by atoms with van der Waals surface area (Å²) in [5, 5.41) is 0.804. The van der Waals surface area contributed by atoms with Gasteiger partial charge in [-0.05, 0) is 12.5 Å². The highest BCUT2D eigenvalue weighted by atomic mass is 35.5. The summed E-state index contributed by atoms with van der Waals surface area (Å²) >= 11 is 12.0. The van der Waals surface area contributed by atoms with E-state index in [9.17, 15) is 4.79 Å². The third-order valence-corrected chi connectivity index (χ3v) is 4.69. The topological polar surface area (TPSA) is 61.9 Å². The van der Waals surface area contributed by atoms with Crippen LogP contribution in [0.4, 0.5) is 0 Å². The number of nitrogens with one attached hydrogen (secondary N) is 1. The van der Waals surface area contributed by atoms with Gasteiger partial charge in [0.2, 0.25) is 0 Å². The molecule has 0 unspecified atom stereocenters. The second-order valence-corrected chi connectivity index (χ2v) is 7.88. The first-order valence-electron chi connectivity index (χ1n) is 7.90. The lowest BCUT2D eigenvalue weighted by Gasteiger charge is -2.29. The highest BCUT2D eigenvalue weighted by Gasteiger charge is 2.25. The summed E-state index contributed by atoms with van der Waals surface area (Å²) in [6.07, 6.45) is 0.681. The molecular formula is C17H20Cl2N4O. The number of halogens is 2. The largest absolute Gasteiger partial charge is 0.310 e. The molecule has 1 aliphatic rings. The molecule has 0 saturated carbocycles. The average molecular weight is 367 g/mol. The third kappa shape index (κ3) is 3.63. The van der Waals surface area contributed by atoms with Gasteiger partial charge in [-0.15, -0.1) is 0 Å². The zero-order valence-corrected chi connectivity index (χ0v) is 15.5. The average Bonchev–Trinajstić information content (AvgIpc) is 2.49. The van der Waals surface area contributed by atoms with Crippen molar-refractivity contribution in [3.05, 3.63) is 55.4 Å². The number of pyridine rings is 1. The van der Waals surface area contributed by atoms with Gasteiger partial charge in [0, 0.05) is 36.2 Å². The zero-order valence-electron chi connectivity index (χ0n) is 14.0. The third-order valence-electron chi connectivity index (χ3n) is 4.15. The molecule has 0 saturated heterocycles. The quantitative estimate of drug-likeness (QED) is 0.828. The summed E-state index contributed by atoms with van der Waals surface area (Å²) in [7, 11) is 0. The molecule has 1 aliphatic heterocycles. The molecule has 0 aliphatic carbocycles. The van der Waals surface area contributed by atoms with Crippen molar-refractivity contribution in [3.63, 3.8) is 0 Å².